The van der Waals surface area contributed by atoms with Crippen LogP contribution in [0.5, 0.6) is 5.75 Å². The van der Waals surface area contributed by atoms with Gasteiger partial charge in [-0.3, -0.25) is 19.7 Å². The van der Waals surface area contributed by atoms with E-state index in [0.717, 1.165) is 40.7 Å². The maximum atomic E-state index is 13.0. The standard InChI is InChI=1S/C50H62N6O8Si2/c1-50(2,48(63-65-4)64-66-5)41(39-21-23-43(57)47-40(39)22-24-45(59)54-47)33-51-32-34-17-19-36(20-18-34)52-44(58)16-11-28-55(3)46(60)27-31-56-29-25-37(26-30-56)62-49(61)53-42-15-10-9-14-38(42)35-12-7-6-8-13-35/h6-10,12-15,17-24,37,41,48,51,57H,11,16,25-33H2,1-5H3,(H,52,58)(H,53,61)(H,54,59). The molecule has 66 heavy (non-hydrogen) atoms. The fourth-order valence-corrected chi connectivity index (χ4v) is 9.61. The van der Waals surface area contributed by atoms with E-state index in [1.54, 1.807) is 24.1 Å². The number of nitrogens with one attached hydrogen (secondary N) is 4. The number of carbonyl (C=O) groups is 3. The van der Waals surface area contributed by atoms with E-state index < -0.39 is 17.8 Å². The molecular formula is C50H62N6O8Si2. The Labute approximate surface area is 392 Å². The third-order valence-electron chi connectivity index (χ3n) is 12.2. The molecule has 1 aliphatic heterocycles. The zero-order chi connectivity index (χ0) is 47.1. The first-order chi connectivity index (χ1) is 31.9. The number of pyridine rings is 1. The molecule has 0 saturated carbocycles. The van der Waals surface area contributed by atoms with Gasteiger partial charge < -0.3 is 44.1 Å². The molecule has 4 aromatic carbocycles. The van der Waals surface area contributed by atoms with Gasteiger partial charge in [0.2, 0.25) is 36.9 Å². The summed E-state index contributed by atoms with van der Waals surface area (Å²) in [7, 11) is 2.23. The van der Waals surface area contributed by atoms with Gasteiger partial charge in [-0.25, -0.2) is 4.79 Å². The largest absolute Gasteiger partial charge is 0.506 e. The molecule has 3 amide bonds. The van der Waals surface area contributed by atoms with Gasteiger partial charge in [0.15, 0.2) is 0 Å². The molecule has 5 N–H and O–H groups in total. The van der Waals surface area contributed by atoms with Gasteiger partial charge in [-0.05, 0) is 79.4 Å². The second-order valence-electron chi connectivity index (χ2n) is 17.2. The molecule has 1 aromatic heterocycles. The van der Waals surface area contributed by atoms with Gasteiger partial charge >= 0.3 is 6.09 Å². The van der Waals surface area contributed by atoms with Crippen molar-refractivity contribution in [3.05, 3.63) is 125 Å². The fourth-order valence-electron chi connectivity index (χ4n) is 8.38. The van der Waals surface area contributed by atoms with Crippen molar-refractivity contribution in [3.63, 3.8) is 0 Å². The fraction of sp³-hybridized carbons (Fsp3) is 0.400. The Morgan fingerprint density at radius 1 is 0.879 bits per heavy atom. The van der Waals surface area contributed by atoms with E-state index in [4.69, 9.17) is 13.6 Å². The number of para-hydroxylation sites is 1. The second-order valence-corrected chi connectivity index (χ2v) is 18.5. The number of benzene rings is 4. The minimum Gasteiger partial charge on any atom is -0.506 e. The molecule has 14 nitrogen and oxygen atoms in total. The highest BCUT2D eigenvalue weighted by Gasteiger charge is 2.40. The monoisotopic (exact) mass is 930 g/mol. The summed E-state index contributed by atoms with van der Waals surface area (Å²) in [6.45, 7) is 11.8. The van der Waals surface area contributed by atoms with Crippen LogP contribution in [0.15, 0.2) is 108 Å². The van der Waals surface area contributed by atoms with Crippen LogP contribution in [0.4, 0.5) is 16.2 Å². The molecule has 1 aliphatic rings. The minimum atomic E-state index is -0.509. The number of aromatic nitrogens is 1. The Kier molecular flexibility index (Phi) is 18.3. The van der Waals surface area contributed by atoms with E-state index in [2.05, 4.69) is 39.7 Å². The molecule has 0 spiro atoms. The van der Waals surface area contributed by atoms with Crippen LogP contribution in [0.1, 0.15) is 63.0 Å². The summed E-state index contributed by atoms with van der Waals surface area (Å²) in [5.74, 6) is -0.220. The zero-order valence-electron chi connectivity index (χ0n) is 38.5. The lowest BCUT2D eigenvalue weighted by Crippen LogP contribution is -2.43. The van der Waals surface area contributed by atoms with E-state index in [0.29, 0.717) is 68.8 Å². The molecular weight excluding hydrogens is 869 g/mol. The summed E-state index contributed by atoms with van der Waals surface area (Å²) >= 11 is 0. The van der Waals surface area contributed by atoms with E-state index in [1.165, 1.54) is 6.07 Å². The number of fused-ring (bicyclic) bond motifs is 1. The lowest BCUT2D eigenvalue weighted by atomic mass is 9.73. The smallest absolute Gasteiger partial charge is 0.411 e. The number of anilines is 2. The zero-order valence-corrected chi connectivity index (χ0v) is 40.5. The van der Waals surface area contributed by atoms with Crippen molar-refractivity contribution in [2.24, 2.45) is 5.41 Å². The first kappa shape index (κ1) is 49.8. The number of phenolic OH excluding ortho intramolecular Hbond substituents is 1. The molecule has 5 aromatic rings. The molecule has 2 heterocycles. The Hall–Kier alpha value is -5.63. The molecule has 0 aliphatic carbocycles. The van der Waals surface area contributed by atoms with Gasteiger partial charge in [0, 0.05) is 93.2 Å². The third-order valence-corrected chi connectivity index (χ3v) is 13.1. The molecule has 4 radical (unpaired) electrons. The first-order valence-electron chi connectivity index (χ1n) is 22.5. The number of likely N-dealkylation sites (tertiary alicyclic amines) is 1. The van der Waals surface area contributed by atoms with Gasteiger partial charge in [-0.15, -0.1) is 0 Å². The first-order valence-corrected chi connectivity index (χ1v) is 25.4. The molecule has 348 valence electrons. The van der Waals surface area contributed by atoms with Crippen LogP contribution < -0.4 is 21.5 Å². The predicted octanol–water partition coefficient (Wildman–Crippen LogP) is 7.77. The van der Waals surface area contributed by atoms with E-state index in [1.807, 2.05) is 98.0 Å². The highest BCUT2D eigenvalue weighted by Crippen LogP contribution is 2.43. The SMILES string of the molecule is C[Si]OC(O[Si]C)C(C)(C)C(CNCc1ccc(NC(=O)CCCN(C)C(=O)CCN2CCC(OC(=O)Nc3ccccc3-c3ccccc3)CC2)cc1)c1ccc(O)c2[nH]c(=O)ccc12. The van der Waals surface area contributed by atoms with E-state index >= 15 is 0 Å². The number of aromatic hydroxyl groups is 1. The van der Waals surface area contributed by atoms with Crippen LogP contribution in [0, 0.1) is 5.41 Å². The number of hydrogen-bond donors (Lipinski definition) is 5. The normalized spacial score (nSPS) is 14.0. The highest BCUT2D eigenvalue weighted by molar-refractivity contribution is 6.26. The van der Waals surface area contributed by atoms with Gasteiger partial charge in [0.25, 0.3) is 0 Å². The van der Waals surface area contributed by atoms with Crippen LogP contribution in [-0.4, -0.2) is 109 Å². The molecule has 0 bridgehead atoms. The Bertz CT molecular complexity index is 2420. The van der Waals surface area contributed by atoms with Crippen molar-refractivity contribution in [2.45, 2.75) is 83.9 Å². The summed E-state index contributed by atoms with van der Waals surface area (Å²) < 4.78 is 18.0. The summed E-state index contributed by atoms with van der Waals surface area (Å²) in [6.07, 6.45) is 1.45. The number of hydrogen-bond acceptors (Lipinski definition) is 10. The number of piperidine rings is 1. The van der Waals surface area contributed by atoms with E-state index in [9.17, 15) is 24.3 Å². The van der Waals surface area contributed by atoms with Gasteiger partial charge in [0.05, 0.1) is 11.2 Å². The number of ether oxygens (including phenoxy) is 1. The highest BCUT2D eigenvalue weighted by atomic mass is 28.2. The van der Waals surface area contributed by atoms with Crippen molar-refractivity contribution in [1.29, 1.82) is 0 Å². The van der Waals surface area contributed by atoms with Crippen LogP contribution >= 0.6 is 0 Å². The maximum absolute atomic E-state index is 13.0. The van der Waals surface area contributed by atoms with Crippen molar-refractivity contribution in [1.82, 2.24) is 20.1 Å². The number of phenols is 1. The molecule has 1 unspecified atom stereocenters. The van der Waals surface area contributed by atoms with Crippen molar-refractivity contribution in [3.8, 4) is 16.9 Å². The van der Waals surface area contributed by atoms with E-state index in [-0.39, 0.29) is 61.1 Å². The number of amides is 3. The quantitative estimate of drug-likeness (QED) is 0.0341. The third kappa shape index (κ3) is 13.7. The van der Waals surface area contributed by atoms with Crippen molar-refractivity contribution >= 4 is 59.7 Å². The molecule has 1 fully saturated rings. The van der Waals surface area contributed by atoms with Crippen molar-refractivity contribution in [2.75, 3.05) is 50.4 Å². The molecule has 1 atom stereocenters. The maximum Gasteiger partial charge on any atom is 0.411 e. The average Bonchev–Trinajstić information content (AvgIpc) is 3.31. The lowest BCUT2D eigenvalue weighted by molar-refractivity contribution is -0.130. The number of nitrogens with zero attached hydrogens (tertiary/aromatic N) is 2. The van der Waals surface area contributed by atoms with Gasteiger partial charge in [-0.1, -0.05) is 80.6 Å². The van der Waals surface area contributed by atoms with Crippen LogP contribution in [0.25, 0.3) is 22.0 Å². The van der Waals surface area contributed by atoms with Crippen LogP contribution in [-0.2, 0) is 29.7 Å². The topological polar surface area (TPSA) is 175 Å². The van der Waals surface area contributed by atoms with Gasteiger partial charge in [-0.2, -0.15) is 0 Å². The number of aromatic amines is 1. The van der Waals surface area contributed by atoms with Gasteiger partial charge in [0.1, 0.15) is 18.1 Å². The molecule has 6 rings (SSSR count). The van der Waals surface area contributed by atoms with Crippen molar-refractivity contribution < 1.29 is 33.1 Å². The Morgan fingerprint density at radius 3 is 2.29 bits per heavy atom. The summed E-state index contributed by atoms with van der Waals surface area (Å²) in [6, 6.07) is 32.0. The molecule has 16 heteroatoms. The number of carbonyl (C=O) groups excluding carboxylic acids is 3. The summed E-state index contributed by atoms with van der Waals surface area (Å²) in [5, 5.41) is 20.9. The van der Waals surface area contributed by atoms with Crippen LogP contribution in [0.3, 0.4) is 0 Å². The number of rotatable bonds is 22. The summed E-state index contributed by atoms with van der Waals surface area (Å²) in [4.78, 5) is 57.5. The Morgan fingerprint density at radius 2 is 1.58 bits per heavy atom. The number of H-pyrrole nitrogens is 1. The minimum absolute atomic E-state index is 0.00830. The lowest BCUT2D eigenvalue weighted by Gasteiger charge is -2.41. The molecule has 1 saturated heterocycles. The second kappa shape index (κ2) is 24.2. The van der Waals surface area contributed by atoms with Crippen LogP contribution in [0.2, 0.25) is 13.1 Å². The average molecular weight is 931 g/mol. The summed E-state index contributed by atoms with van der Waals surface area (Å²) in [5.41, 5.74) is 4.91. The Balaban J connectivity index is 0.899. The predicted molar refractivity (Wildman–Crippen MR) is 262 cm³/mol.